The molecule has 2 rings (SSSR count). The van der Waals surface area contributed by atoms with Gasteiger partial charge in [0.05, 0.1) is 11.6 Å². The van der Waals surface area contributed by atoms with Crippen LogP contribution in [0, 0.1) is 0 Å². The molecule has 1 aromatic heterocycles. The monoisotopic (exact) mass is 248 g/mol. The lowest BCUT2D eigenvalue weighted by atomic mass is 10.1. The molecule has 0 aliphatic heterocycles. The zero-order chi connectivity index (χ0) is 13.3. The number of hydrogen-bond donors (Lipinski definition) is 2. The van der Waals surface area contributed by atoms with Crippen molar-refractivity contribution in [3.05, 3.63) is 23.8 Å². The highest BCUT2D eigenvalue weighted by Gasteiger charge is 2.18. The molecular formula is C11H12N4O3. The molecule has 1 amide bonds. The lowest BCUT2D eigenvalue weighted by molar-refractivity contribution is -0.118. The van der Waals surface area contributed by atoms with Crippen LogP contribution >= 0.6 is 0 Å². The van der Waals surface area contributed by atoms with Gasteiger partial charge >= 0.3 is 5.97 Å². The van der Waals surface area contributed by atoms with Crippen molar-refractivity contribution in [2.45, 2.75) is 19.4 Å². The summed E-state index contributed by atoms with van der Waals surface area (Å²) in [6, 6.07) is 4.40. The van der Waals surface area contributed by atoms with Crippen molar-refractivity contribution in [1.82, 2.24) is 15.0 Å². The zero-order valence-electron chi connectivity index (χ0n) is 9.70. The Bertz CT molecular complexity index is 620. The number of amides is 1. The number of aromatic carboxylic acids is 1. The maximum atomic E-state index is 11.1. The molecule has 2 aromatic rings. The van der Waals surface area contributed by atoms with Crippen LogP contribution in [0.2, 0.25) is 0 Å². The Hall–Kier alpha value is -2.44. The number of aromatic nitrogens is 3. The van der Waals surface area contributed by atoms with Crippen molar-refractivity contribution in [3.8, 4) is 0 Å². The normalized spacial score (nSPS) is 12.5. The number of carboxylic acid groups (broad SMARTS) is 1. The van der Waals surface area contributed by atoms with Gasteiger partial charge in [-0.2, -0.15) is 0 Å². The molecule has 18 heavy (non-hydrogen) atoms. The second kappa shape index (κ2) is 4.44. The number of nitrogens with zero attached hydrogens (tertiary/aromatic N) is 3. The minimum absolute atomic E-state index is 0.0758. The summed E-state index contributed by atoms with van der Waals surface area (Å²) < 4.78 is 1.42. The quantitative estimate of drug-likeness (QED) is 0.821. The molecule has 0 aliphatic carbocycles. The van der Waals surface area contributed by atoms with E-state index in [-0.39, 0.29) is 18.0 Å². The van der Waals surface area contributed by atoms with Crippen LogP contribution in [-0.4, -0.2) is 32.0 Å². The Labute approximate surface area is 102 Å². The summed E-state index contributed by atoms with van der Waals surface area (Å²) in [5.74, 6) is -1.53. The fourth-order valence-electron chi connectivity index (χ4n) is 1.85. The molecule has 7 nitrogen and oxygen atoms in total. The topological polar surface area (TPSA) is 111 Å². The molecule has 0 saturated heterocycles. The Morgan fingerprint density at radius 3 is 2.83 bits per heavy atom. The van der Waals surface area contributed by atoms with E-state index in [1.807, 2.05) is 0 Å². The molecule has 1 heterocycles. The second-order valence-corrected chi connectivity index (χ2v) is 4.03. The highest BCUT2D eigenvalue weighted by Crippen LogP contribution is 2.21. The van der Waals surface area contributed by atoms with Gasteiger partial charge in [0, 0.05) is 6.42 Å². The molecule has 3 N–H and O–H groups in total. The number of carboxylic acids is 1. The molecule has 0 spiro atoms. The van der Waals surface area contributed by atoms with Gasteiger partial charge < -0.3 is 10.8 Å². The van der Waals surface area contributed by atoms with E-state index in [0.29, 0.717) is 11.0 Å². The number of rotatable bonds is 4. The highest BCUT2D eigenvalue weighted by atomic mass is 16.4. The summed E-state index contributed by atoms with van der Waals surface area (Å²) >= 11 is 0. The third kappa shape index (κ3) is 2.02. The van der Waals surface area contributed by atoms with Gasteiger partial charge in [0.25, 0.3) is 0 Å². The van der Waals surface area contributed by atoms with E-state index in [9.17, 15) is 9.59 Å². The fourth-order valence-corrected chi connectivity index (χ4v) is 1.85. The van der Waals surface area contributed by atoms with Crippen LogP contribution in [0.3, 0.4) is 0 Å². The minimum Gasteiger partial charge on any atom is -0.478 e. The Morgan fingerprint density at radius 1 is 1.50 bits per heavy atom. The van der Waals surface area contributed by atoms with Gasteiger partial charge in [0.15, 0.2) is 0 Å². The van der Waals surface area contributed by atoms with Gasteiger partial charge in [-0.1, -0.05) is 11.3 Å². The average molecular weight is 248 g/mol. The Kier molecular flexibility index (Phi) is 2.97. The third-order valence-corrected chi connectivity index (χ3v) is 2.64. The molecule has 0 bridgehead atoms. The number of para-hydroxylation sites is 1. The first-order valence-electron chi connectivity index (χ1n) is 5.36. The molecule has 0 radical (unpaired) electrons. The Balaban J connectivity index is 2.58. The first kappa shape index (κ1) is 12.0. The van der Waals surface area contributed by atoms with Crippen molar-refractivity contribution in [2.75, 3.05) is 0 Å². The van der Waals surface area contributed by atoms with Crippen molar-refractivity contribution >= 4 is 22.9 Å². The molecular weight excluding hydrogens is 236 g/mol. The number of benzene rings is 1. The van der Waals surface area contributed by atoms with Crippen LogP contribution in [0.5, 0.6) is 0 Å². The number of carbonyl (C=O) groups is 2. The summed E-state index contributed by atoms with van der Waals surface area (Å²) in [5, 5.41) is 16.9. The van der Waals surface area contributed by atoms with Crippen molar-refractivity contribution < 1.29 is 14.7 Å². The Morgan fingerprint density at radius 2 is 2.22 bits per heavy atom. The molecule has 7 heteroatoms. The molecule has 0 fully saturated rings. The van der Waals surface area contributed by atoms with Gasteiger partial charge in [-0.15, -0.1) is 5.10 Å². The van der Waals surface area contributed by atoms with Crippen LogP contribution in [0.4, 0.5) is 0 Å². The number of primary amides is 1. The van der Waals surface area contributed by atoms with E-state index in [1.54, 1.807) is 19.1 Å². The van der Waals surface area contributed by atoms with E-state index in [2.05, 4.69) is 10.3 Å². The van der Waals surface area contributed by atoms with Crippen molar-refractivity contribution in [3.63, 3.8) is 0 Å². The summed E-state index contributed by atoms with van der Waals surface area (Å²) in [6.45, 7) is 1.73. The van der Waals surface area contributed by atoms with E-state index in [1.165, 1.54) is 10.7 Å². The highest BCUT2D eigenvalue weighted by molar-refractivity contribution is 6.00. The lowest BCUT2D eigenvalue weighted by Gasteiger charge is -2.11. The number of fused-ring (bicyclic) bond motifs is 1. The van der Waals surface area contributed by atoms with Crippen molar-refractivity contribution in [1.29, 1.82) is 0 Å². The largest absolute Gasteiger partial charge is 0.478 e. The molecule has 1 unspecified atom stereocenters. The zero-order valence-corrected chi connectivity index (χ0v) is 9.70. The summed E-state index contributed by atoms with van der Waals surface area (Å²) in [7, 11) is 0. The summed E-state index contributed by atoms with van der Waals surface area (Å²) in [5.41, 5.74) is 6.11. The average Bonchev–Trinajstić information content (AvgIpc) is 2.70. The van der Waals surface area contributed by atoms with Crippen LogP contribution < -0.4 is 5.73 Å². The lowest BCUT2D eigenvalue weighted by Crippen LogP contribution is -2.18. The number of carbonyl (C=O) groups excluding carboxylic acids is 1. The van der Waals surface area contributed by atoms with E-state index in [0.717, 1.165) is 0 Å². The van der Waals surface area contributed by atoms with Crippen LogP contribution in [-0.2, 0) is 4.79 Å². The maximum Gasteiger partial charge on any atom is 0.337 e. The molecule has 1 atom stereocenters. The first-order chi connectivity index (χ1) is 8.50. The predicted octanol–water partition coefficient (Wildman–Crippen LogP) is 0.566. The maximum absolute atomic E-state index is 11.1. The predicted molar refractivity (Wildman–Crippen MR) is 63.0 cm³/mol. The molecule has 94 valence electrons. The SMILES string of the molecule is CC(CC(N)=O)n1nnc2cccc(C(=O)O)c21. The van der Waals surface area contributed by atoms with Gasteiger partial charge in [-0.3, -0.25) is 4.79 Å². The van der Waals surface area contributed by atoms with Crippen molar-refractivity contribution in [2.24, 2.45) is 5.73 Å². The van der Waals surface area contributed by atoms with E-state index in [4.69, 9.17) is 10.8 Å². The van der Waals surface area contributed by atoms with E-state index >= 15 is 0 Å². The smallest absolute Gasteiger partial charge is 0.337 e. The van der Waals surface area contributed by atoms with Gasteiger partial charge in [-0.05, 0) is 19.1 Å². The van der Waals surface area contributed by atoms with Crippen LogP contribution in [0.1, 0.15) is 29.7 Å². The standard InChI is InChI=1S/C11H12N4O3/c1-6(5-9(12)16)15-10-7(11(17)18)3-2-4-8(10)13-14-15/h2-4,6H,5H2,1H3,(H2,12,16)(H,17,18). The first-order valence-corrected chi connectivity index (χ1v) is 5.36. The second-order valence-electron chi connectivity index (χ2n) is 4.03. The molecule has 0 aliphatic rings. The third-order valence-electron chi connectivity index (χ3n) is 2.64. The number of nitrogens with two attached hydrogens (primary N) is 1. The van der Waals surface area contributed by atoms with Gasteiger partial charge in [0.1, 0.15) is 11.0 Å². The fraction of sp³-hybridized carbons (Fsp3) is 0.273. The van der Waals surface area contributed by atoms with E-state index < -0.39 is 11.9 Å². The molecule has 0 saturated carbocycles. The van der Waals surface area contributed by atoms with Gasteiger partial charge in [0.2, 0.25) is 5.91 Å². The summed E-state index contributed by atoms with van der Waals surface area (Å²) in [4.78, 5) is 22.1. The summed E-state index contributed by atoms with van der Waals surface area (Å²) in [6.07, 6.45) is 0.0758. The van der Waals surface area contributed by atoms with Crippen LogP contribution in [0.15, 0.2) is 18.2 Å². The van der Waals surface area contributed by atoms with Gasteiger partial charge in [-0.25, -0.2) is 9.48 Å². The number of hydrogen-bond acceptors (Lipinski definition) is 4. The molecule has 1 aromatic carbocycles. The van der Waals surface area contributed by atoms with Crippen LogP contribution in [0.25, 0.3) is 11.0 Å². The minimum atomic E-state index is -1.06.